The molecule has 0 N–H and O–H groups in total. The number of hydrogen-bond donors (Lipinski definition) is 0. The number of ether oxygens (including phenoxy) is 1. The summed E-state index contributed by atoms with van der Waals surface area (Å²) in [5.41, 5.74) is 0. The van der Waals surface area contributed by atoms with Crippen LogP contribution in [0.2, 0.25) is 0 Å². The van der Waals surface area contributed by atoms with Gasteiger partial charge in [-0.3, -0.25) is 4.84 Å². The second-order valence-electron chi connectivity index (χ2n) is 7.93. The van der Waals surface area contributed by atoms with Gasteiger partial charge in [-0.2, -0.15) is 0 Å². The highest BCUT2D eigenvalue weighted by Crippen LogP contribution is 2.13. The fourth-order valence-electron chi connectivity index (χ4n) is 3.60. The van der Waals surface area contributed by atoms with E-state index in [0.29, 0.717) is 6.61 Å². The molecule has 0 atom stereocenters. The first-order valence-corrected chi connectivity index (χ1v) is 12.1. The second-order valence-corrected chi connectivity index (χ2v) is 7.93. The molecule has 0 aliphatic carbocycles. The fraction of sp³-hybridized carbons (Fsp3) is 0.800. The summed E-state index contributed by atoms with van der Waals surface area (Å²) >= 11 is 0. The summed E-state index contributed by atoms with van der Waals surface area (Å²) < 4.78 is 7.56. The van der Waals surface area contributed by atoms with E-state index in [1.54, 1.807) is 4.73 Å². The summed E-state index contributed by atoms with van der Waals surface area (Å²) in [6.45, 7) is 5.69. The molecule has 0 aliphatic heterocycles. The van der Waals surface area contributed by atoms with Gasteiger partial charge in [-0.05, 0) is 19.4 Å². The summed E-state index contributed by atoms with van der Waals surface area (Å²) in [7, 11) is 0. The first kappa shape index (κ1) is 24.8. The maximum atomic E-state index is 5.85. The number of aromatic nitrogens is 1. The molecule has 0 saturated carbocycles. The molecule has 1 aromatic rings. The van der Waals surface area contributed by atoms with Gasteiger partial charge in [0.15, 0.2) is 6.61 Å². The van der Waals surface area contributed by atoms with Crippen molar-refractivity contribution in [2.24, 2.45) is 0 Å². The molecule has 1 aromatic heterocycles. The van der Waals surface area contributed by atoms with E-state index in [9.17, 15) is 0 Å². The third-order valence-electron chi connectivity index (χ3n) is 5.30. The van der Waals surface area contributed by atoms with Crippen molar-refractivity contribution in [3.63, 3.8) is 0 Å². The zero-order valence-corrected chi connectivity index (χ0v) is 18.8. The lowest BCUT2D eigenvalue weighted by Gasteiger charge is -2.05. The molecule has 1 rings (SSSR count). The van der Waals surface area contributed by atoms with Crippen molar-refractivity contribution in [1.29, 1.82) is 0 Å². The molecule has 1 heterocycles. The number of unbranched alkanes of at least 4 members (excludes halogenated alkanes) is 15. The van der Waals surface area contributed by atoms with Crippen molar-refractivity contribution in [2.45, 2.75) is 117 Å². The van der Waals surface area contributed by atoms with Crippen molar-refractivity contribution in [3.8, 4) is 5.88 Å². The van der Waals surface area contributed by atoms with E-state index < -0.39 is 0 Å². The van der Waals surface area contributed by atoms with Crippen LogP contribution in [0.3, 0.4) is 0 Å². The van der Waals surface area contributed by atoms with Gasteiger partial charge in [0, 0.05) is 10.8 Å². The van der Waals surface area contributed by atoms with E-state index in [4.69, 9.17) is 9.57 Å². The number of pyridine rings is 1. The van der Waals surface area contributed by atoms with E-state index in [1.807, 2.05) is 31.3 Å². The van der Waals surface area contributed by atoms with Crippen molar-refractivity contribution in [1.82, 2.24) is 0 Å². The molecule has 0 aromatic carbocycles. The molecule has 0 fully saturated rings. The minimum Gasteiger partial charge on any atom is -0.441 e. The Balaban J connectivity index is 1.81. The summed E-state index contributed by atoms with van der Waals surface area (Å²) in [6.07, 6.45) is 24.2. The Morgan fingerprint density at radius 2 is 1.14 bits per heavy atom. The first-order chi connectivity index (χ1) is 13.9. The van der Waals surface area contributed by atoms with Gasteiger partial charge in [-0.1, -0.05) is 103 Å². The summed E-state index contributed by atoms with van der Waals surface area (Å²) in [6, 6.07) is 5.90. The van der Waals surface area contributed by atoms with Crippen LogP contribution in [0, 0.1) is 0 Å². The highest BCUT2D eigenvalue weighted by molar-refractivity contribution is 5.01. The first-order valence-electron chi connectivity index (χ1n) is 12.1. The third-order valence-corrected chi connectivity index (χ3v) is 5.30. The summed E-state index contributed by atoms with van der Waals surface area (Å²) in [4.78, 5) is 5.51. The standard InChI is InChI=1S/C25H46NO2/c1-3-5-6-7-8-9-10-11-12-13-14-15-16-17-18-21-24-27-25-22-19-20-23-26(25)28-4-2/h19-20,22-23H,3-18,21,24H2,1-2H3/q+1. The minimum absolute atomic E-state index is 0.643. The van der Waals surface area contributed by atoms with Gasteiger partial charge >= 0.3 is 5.88 Å². The number of hydrogen-bond acceptors (Lipinski definition) is 2. The van der Waals surface area contributed by atoms with E-state index in [2.05, 4.69) is 6.92 Å². The Kier molecular flexibility index (Phi) is 16.9. The Hall–Kier alpha value is -1.25. The van der Waals surface area contributed by atoms with E-state index >= 15 is 0 Å². The fourth-order valence-corrected chi connectivity index (χ4v) is 3.60. The second kappa shape index (κ2) is 19.1. The molecular weight excluding hydrogens is 346 g/mol. The van der Waals surface area contributed by atoms with Gasteiger partial charge < -0.3 is 4.74 Å². The zero-order chi connectivity index (χ0) is 20.1. The molecule has 0 bridgehead atoms. The largest absolute Gasteiger partial charge is 0.441 e. The van der Waals surface area contributed by atoms with Crippen LogP contribution in [0.1, 0.15) is 117 Å². The Labute approximate surface area is 174 Å². The number of rotatable bonds is 20. The molecule has 0 saturated heterocycles. The van der Waals surface area contributed by atoms with Gasteiger partial charge in [-0.25, -0.2) is 0 Å². The normalized spacial score (nSPS) is 10.9. The predicted molar refractivity (Wildman–Crippen MR) is 119 cm³/mol. The van der Waals surface area contributed by atoms with E-state index in [1.165, 1.54) is 96.3 Å². The zero-order valence-electron chi connectivity index (χ0n) is 18.8. The van der Waals surface area contributed by atoms with Crippen LogP contribution in [-0.2, 0) is 0 Å². The van der Waals surface area contributed by atoms with Crippen LogP contribution >= 0.6 is 0 Å². The van der Waals surface area contributed by atoms with Gasteiger partial charge in [0.25, 0.3) is 0 Å². The maximum Gasteiger partial charge on any atom is 0.416 e. The lowest BCUT2D eigenvalue weighted by Crippen LogP contribution is -2.43. The molecule has 162 valence electrons. The molecule has 0 amide bonds. The van der Waals surface area contributed by atoms with Crippen LogP contribution in [-0.4, -0.2) is 13.2 Å². The maximum absolute atomic E-state index is 5.85. The van der Waals surface area contributed by atoms with Crippen molar-refractivity contribution < 1.29 is 14.3 Å². The average Bonchev–Trinajstić information content (AvgIpc) is 2.71. The van der Waals surface area contributed by atoms with Crippen LogP contribution in [0.5, 0.6) is 5.88 Å². The highest BCUT2D eigenvalue weighted by Gasteiger charge is 2.11. The highest BCUT2D eigenvalue weighted by atomic mass is 16.7. The SMILES string of the molecule is CCCCCCCCCCCCCCCCCCOc1cccc[n+]1OCC. The molecule has 0 spiro atoms. The topological polar surface area (TPSA) is 22.3 Å². The molecule has 3 nitrogen and oxygen atoms in total. The smallest absolute Gasteiger partial charge is 0.416 e. The Morgan fingerprint density at radius 3 is 1.64 bits per heavy atom. The summed E-state index contributed by atoms with van der Waals surface area (Å²) in [5.74, 6) is 0.797. The van der Waals surface area contributed by atoms with Crippen molar-refractivity contribution in [3.05, 3.63) is 24.4 Å². The molecule has 0 radical (unpaired) electrons. The molecule has 0 aliphatic rings. The van der Waals surface area contributed by atoms with E-state index in [-0.39, 0.29) is 0 Å². The average molecular weight is 393 g/mol. The minimum atomic E-state index is 0.643. The van der Waals surface area contributed by atoms with Gasteiger partial charge in [0.1, 0.15) is 0 Å². The van der Waals surface area contributed by atoms with Gasteiger partial charge in [0.2, 0.25) is 6.20 Å². The summed E-state index contributed by atoms with van der Waals surface area (Å²) in [5, 5.41) is 0. The van der Waals surface area contributed by atoms with Crippen LogP contribution in [0.4, 0.5) is 0 Å². The lowest BCUT2D eigenvalue weighted by atomic mass is 10.0. The molecule has 0 unspecified atom stereocenters. The van der Waals surface area contributed by atoms with Crippen LogP contribution in [0.15, 0.2) is 24.4 Å². The van der Waals surface area contributed by atoms with Gasteiger partial charge in [-0.15, -0.1) is 0 Å². The van der Waals surface area contributed by atoms with Crippen molar-refractivity contribution in [2.75, 3.05) is 13.2 Å². The lowest BCUT2D eigenvalue weighted by molar-refractivity contribution is -0.892. The van der Waals surface area contributed by atoms with Crippen molar-refractivity contribution >= 4 is 0 Å². The van der Waals surface area contributed by atoms with Crippen LogP contribution in [0.25, 0.3) is 0 Å². The monoisotopic (exact) mass is 392 g/mol. The predicted octanol–water partition coefficient (Wildman–Crippen LogP) is 7.06. The third kappa shape index (κ3) is 13.8. The molecule has 3 heteroatoms. The quantitative estimate of drug-likeness (QED) is 0.175. The number of nitrogens with zero attached hydrogens (tertiary/aromatic N) is 1. The van der Waals surface area contributed by atoms with Gasteiger partial charge in [0.05, 0.1) is 12.7 Å². The van der Waals surface area contributed by atoms with E-state index in [0.717, 1.165) is 18.9 Å². The Morgan fingerprint density at radius 1 is 0.643 bits per heavy atom. The molecule has 28 heavy (non-hydrogen) atoms. The Bertz CT molecular complexity index is 450. The molecular formula is C25H46NO2+. The van der Waals surface area contributed by atoms with Crippen LogP contribution < -0.4 is 14.3 Å².